The lowest BCUT2D eigenvalue weighted by molar-refractivity contribution is 0.591. The van der Waals surface area contributed by atoms with Crippen LogP contribution in [0.15, 0.2) is 46.1 Å². The smallest absolute Gasteiger partial charge is 0.190 e. The lowest BCUT2D eigenvalue weighted by Crippen LogP contribution is -2.17. The van der Waals surface area contributed by atoms with E-state index in [0.29, 0.717) is 6.04 Å². The number of hydrogen-bond donors (Lipinski definition) is 0. The van der Waals surface area contributed by atoms with Crippen LogP contribution in [0.25, 0.3) is 10.6 Å². The number of hydrogen-bond acceptors (Lipinski definition) is 3. The van der Waals surface area contributed by atoms with Crippen molar-refractivity contribution in [3.63, 3.8) is 0 Å². The van der Waals surface area contributed by atoms with Gasteiger partial charge in [-0.25, -0.2) is 4.99 Å². The van der Waals surface area contributed by atoms with E-state index in [1.54, 1.807) is 22.7 Å². The van der Waals surface area contributed by atoms with Crippen LogP contribution < -0.4 is 4.80 Å². The van der Waals surface area contributed by atoms with Gasteiger partial charge in [0.25, 0.3) is 0 Å². The molecule has 2 nitrogen and oxygen atoms in total. The molecule has 0 radical (unpaired) electrons. The number of thiazole rings is 1. The predicted octanol–water partition coefficient (Wildman–Crippen LogP) is 5.71. The Balaban J connectivity index is 2.17. The van der Waals surface area contributed by atoms with Crippen molar-refractivity contribution in [2.75, 3.05) is 0 Å². The second kappa shape index (κ2) is 6.23. The molecule has 114 valence electrons. The summed E-state index contributed by atoms with van der Waals surface area (Å²) in [5, 5.41) is 4.34. The summed E-state index contributed by atoms with van der Waals surface area (Å²) in [7, 11) is 0. The molecule has 2 heterocycles. The molecule has 0 fully saturated rings. The fourth-order valence-corrected chi connectivity index (χ4v) is 4.48. The fourth-order valence-electron chi connectivity index (χ4n) is 2.63. The lowest BCUT2D eigenvalue weighted by atomic mass is 10.1. The Morgan fingerprint density at radius 2 is 1.77 bits per heavy atom. The predicted molar refractivity (Wildman–Crippen MR) is 97.1 cm³/mol. The number of nitrogens with zero attached hydrogens (tertiary/aromatic N) is 2. The summed E-state index contributed by atoms with van der Waals surface area (Å²) in [4.78, 5) is 7.26. The molecule has 0 unspecified atom stereocenters. The third-order valence-electron chi connectivity index (χ3n) is 3.46. The summed E-state index contributed by atoms with van der Waals surface area (Å²) in [6, 6.07) is 11.1. The summed E-state index contributed by atoms with van der Waals surface area (Å²) in [6.07, 6.45) is 0. The molecule has 0 spiro atoms. The van der Waals surface area contributed by atoms with Crippen LogP contribution in [-0.2, 0) is 0 Å². The van der Waals surface area contributed by atoms with Crippen molar-refractivity contribution in [3.8, 4) is 10.6 Å². The average molecular weight is 329 g/mol. The molecular weight excluding hydrogens is 308 g/mol. The molecule has 0 saturated carbocycles. The van der Waals surface area contributed by atoms with Gasteiger partial charge in [0.05, 0.1) is 16.3 Å². The Hall–Kier alpha value is -1.65. The van der Waals surface area contributed by atoms with Gasteiger partial charge in [0.2, 0.25) is 0 Å². The summed E-state index contributed by atoms with van der Waals surface area (Å²) in [5.74, 6) is 0. The largest absolute Gasteiger partial charge is 0.313 e. The highest BCUT2D eigenvalue weighted by molar-refractivity contribution is 7.14. The van der Waals surface area contributed by atoms with Crippen molar-refractivity contribution >= 4 is 28.4 Å². The maximum Gasteiger partial charge on any atom is 0.190 e. The Labute approximate surface area is 139 Å². The molecule has 0 saturated heterocycles. The summed E-state index contributed by atoms with van der Waals surface area (Å²) in [6.45, 7) is 8.66. The van der Waals surface area contributed by atoms with Crippen LogP contribution >= 0.6 is 22.7 Å². The van der Waals surface area contributed by atoms with E-state index >= 15 is 0 Å². The number of aryl methyl sites for hydroxylation is 2. The minimum atomic E-state index is 0.382. The standard InChI is InChI=1S/C18H20N2S2/c1-12(2)20-16(17-6-5-7-21-17)11-22-18(20)19-15-9-13(3)8-14(4)10-15/h5-12H,1-4H3. The molecule has 0 aliphatic carbocycles. The highest BCUT2D eigenvalue weighted by Crippen LogP contribution is 2.27. The zero-order chi connectivity index (χ0) is 15.7. The molecule has 0 aliphatic rings. The molecule has 0 aliphatic heterocycles. The molecule has 1 aromatic carbocycles. The van der Waals surface area contributed by atoms with Crippen molar-refractivity contribution in [2.24, 2.45) is 4.99 Å². The first-order valence-corrected chi connectivity index (χ1v) is 9.17. The Bertz CT molecular complexity index is 816. The van der Waals surface area contributed by atoms with E-state index in [1.807, 2.05) is 0 Å². The van der Waals surface area contributed by atoms with Gasteiger partial charge in [-0.2, -0.15) is 0 Å². The van der Waals surface area contributed by atoms with E-state index in [1.165, 1.54) is 21.7 Å². The molecule has 0 amide bonds. The highest BCUT2D eigenvalue weighted by atomic mass is 32.1. The average Bonchev–Trinajstić information content (AvgIpc) is 3.05. The monoisotopic (exact) mass is 328 g/mol. The minimum absolute atomic E-state index is 0.382. The van der Waals surface area contributed by atoms with E-state index in [2.05, 4.69) is 73.4 Å². The zero-order valence-electron chi connectivity index (χ0n) is 13.3. The molecule has 0 atom stereocenters. The van der Waals surface area contributed by atoms with Crippen molar-refractivity contribution < 1.29 is 0 Å². The van der Waals surface area contributed by atoms with E-state index in [9.17, 15) is 0 Å². The second-order valence-electron chi connectivity index (χ2n) is 5.80. The number of benzene rings is 1. The lowest BCUT2D eigenvalue weighted by Gasteiger charge is -2.11. The first-order valence-electron chi connectivity index (χ1n) is 7.41. The van der Waals surface area contributed by atoms with E-state index < -0.39 is 0 Å². The normalized spacial score (nSPS) is 12.3. The molecule has 0 N–H and O–H groups in total. The van der Waals surface area contributed by atoms with Gasteiger partial charge in [0.1, 0.15) is 0 Å². The van der Waals surface area contributed by atoms with Gasteiger partial charge in [-0.15, -0.1) is 22.7 Å². The summed E-state index contributed by atoms with van der Waals surface area (Å²) >= 11 is 3.49. The van der Waals surface area contributed by atoms with Gasteiger partial charge >= 0.3 is 0 Å². The van der Waals surface area contributed by atoms with E-state index in [4.69, 9.17) is 4.99 Å². The van der Waals surface area contributed by atoms with Gasteiger partial charge in [0, 0.05) is 11.4 Å². The van der Waals surface area contributed by atoms with Gasteiger partial charge in [-0.05, 0) is 62.4 Å². The van der Waals surface area contributed by atoms with Crippen LogP contribution in [0.1, 0.15) is 31.0 Å². The van der Waals surface area contributed by atoms with Crippen LogP contribution in [0.4, 0.5) is 5.69 Å². The Morgan fingerprint density at radius 3 is 2.36 bits per heavy atom. The second-order valence-corrected chi connectivity index (χ2v) is 7.59. The number of thiophene rings is 1. The first-order chi connectivity index (χ1) is 10.5. The molecular formula is C18H20N2S2. The van der Waals surface area contributed by atoms with Gasteiger partial charge in [-0.1, -0.05) is 12.1 Å². The van der Waals surface area contributed by atoms with Crippen molar-refractivity contribution in [3.05, 3.63) is 57.0 Å². The van der Waals surface area contributed by atoms with Crippen LogP contribution in [0.5, 0.6) is 0 Å². The third kappa shape index (κ3) is 3.08. The quantitative estimate of drug-likeness (QED) is 0.586. The van der Waals surface area contributed by atoms with Crippen LogP contribution in [0, 0.1) is 13.8 Å². The minimum Gasteiger partial charge on any atom is -0.313 e. The topological polar surface area (TPSA) is 17.3 Å². The number of rotatable bonds is 3. The van der Waals surface area contributed by atoms with Crippen molar-refractivity contribution in [1.82, 2.24) is 4.57 Å². The maximum absolute atomic E-state index is 4.90. The summed E-state index contributed by atoms with van der Waals surface area (Å²) < 4.78 is 2.33. The SMILES string of the molecule is Cc1cc(C)cc(N=c2scc(-c3cccs3)n2C(C)C)c1. The van der Waals surface area contributed by atoms with E-state index in [0.717, 1.165) is 10.5 Å². The molecule has 3 aromatic rings. The molecule has 2 aromatic heterocycles. The molecule has 3 rings (SSSR count). The van der Waals surface area contributed by atoms with Crippen LogP contribution in [-0.4, -0.2) is 4.57 Å². The number of aromatic nitrogens is 1. The Morgan fingerprint density at radius 1 is 1.05 bits per heavy atom. The summed E-state index contributed by atoms with van der Waals surface area (Å²) in [5.41, 5.74) is 4.80. The molecule has 0 bridgehead atoms. The highest BCUT2D eigenvalue weighted by Gasteiger charge is 2.11. The van der Waals surface area contributed by atoms with Crippen LogP contribution in [0.3, 0.4) is 0 Å². The van der Waals surface area contributed by atoms with Gasteiger partial charge in [0.15, 0.2) is 4.80 Å². The Kier molecular flexibility index (Phi) is 4.32. The van der Waals surface area contributed by atoms with Gasteiger partial charge < -0.3 is 4.57 Å². The van der Waals surface area contributed by atoms with Crippen LogP contribution in [0.2, 0.25) is 0 Å². The first kappa shape index (κ1) is 15.3. The van der Waals surface area contributed by atoms with Crippen molar-refractivity contribution in [1.29, 1.82) is 0 Å². The zero-order valence-corrected chi connectivity index (χ0v) is 15.0. The molecule has 22 heavy (non-hydrogen) atoms. The maximum atomic E-state index is 4.90. The van der Waals surface area contributed by atoms with E-state index in [-0.39, 0.29) is 0 Å². The third-order valence-corrected chi connectivity index (χ3v) is 5.20. The fraction of sp³-hybridized carbons (Fsp3) is 0.278. The van der Waals surface area contributed by atoms with Crippen molar-refractivity contribution in [2.45, 2.75) is 33.7 Å². The molecule has 4 heteroatoms. The van der Waals surface area contributed by atoms with Gasteiger partial charge in [-0.3, -0.25) is 0 Å².